The molecule has 0 aliphatic carbocycles. The zero-order valence-electron chi connectivity index (χ0n) is 15.4. The van der Waals surface area contributed by atoms with Crippen molar-refractivity contribution < 1.29 is 14.7 Å². The number of hydrogen-bond acceptors (Lipinski definition) is 5. The minimum Gasteiger partial charge on any atom is -0.481 e. The summed E-state index contributed by atoms with van der Waals surface area (Å²) in [5.74, 6) is -0.821. The quantitative estimate of drug-likeness (QED) is 0.422. The van der Waals surface area contributed by atoms with Crippen LogP contribution in [0, 0.1) is 0 Å². The van der Waals surface area contributed by atoms with E-state index in [9.17, 15) is 9.59 Å². The number of fused-ring (bicyclic) bond motifs is 1. The van der Waals surface area contributed by atoms with Crippen LogP contribution in [-0.2, 0) is 16.0 Å². The van der Waals surface area contributed by atoms with Crippen molar-refractivity contribution in [3.63, 3.8) is 0 Å². The van der Waals surface area contributed by atoms with E-state index < -0.39 is 5.97 Å². The number of benzene rings is 1. The van der Waals surface area contributed by atoms with Crippen molar-refractivity contribution in [2.75, 3.05) is 25.0 Å². The molecule has 2 heterocycles. The van der Waals surface area contributed by atoms with E-state index in [-0.39, 0.29) is 12.3 Å². The van der Waals surface area contributed by atoms with E-state index in [1.165, 1.54) is 23.0 Å². The highest BCUT2D eigenvalue weighted by molar-refractivity contribution is 8.26. The van der Waals surface area contributed by atoms with Gasteiger partial charge in [-0.15, -0.1) is 0 Å². The van der Waals surface area contributed by atoms with Crippen LogP contribution in [0.2, 0.25) is 0 Å². The van der Waals surface area contributed by atoms with Crippen molar-refractivity contribution >= 4 is 51.9 Å². The summed E-state index contributed by atoms with van der Waals surface area (Å²) < 4.78 is 0.585. The maximum atomic E-state index is 12.7. The standard InChI is InChI=1S/C20H24N2O3S2/c1-21-10-5-6-15-12-14(8-9-16(15)21)13-17-19(25)22(20(26)27-17)11-4-2-3-7-18(23)24/h8-9,12-13H,2-7,10-11H2,1H3,(H,23,24)/b17-13-. The average molecular weight is 405 g/mol. The zero-order valence-corrected chi connectivity index (χ0v) is 17.1. The minimum atomic E-state index is -0.778. The molecule has 1 aromatic carbocycles. The summed E-state index contributed by atoms with van der Waals surface area (Å²) in [5, 5.41) is 8.67. The van der Waals surface area contributed by atoms with Gasteiger partial charge in [0.25, 0.3) is 5.91 Å². The van der Waals surface area contributed by atoms with Crippen LogP contribution in [0.15, 0.2) is 23.1 Å². The zero-order chi connectivity index (χ0) is 19.4. The lowest BCUT2D eigenvalue weighted by atomic mass is 9.99. The Labute approximate surface area is 169 Å². The van der Waals surface area contributed by atoms with Crippen molar-refractivity contribution in [3.8, 4) is 0 Å². The van der Waals surface area contributed by atoms with E-state index in [0.29, 0.717) is 22.2 Å². The number of aliphatic carboxylic acids is 1. The van der Waals surface area contributed by atoms with E-state index in [1.807, 2.05) is 6.08 Å². The van der Waals surface area contributed by atoms with Crippen LogP contribution in [0.5, 0.6) is 0 Å². The summed E-state index contributed by atoms with van der Waals surface area (Å²) in [5.41, 5.74) is 3.63. The third-order valence-electron chi connectivity index (χ3n) is 4.90. The Balaban J connectivity index is 1.63. The van der Waals surface area contributed by atoms with Gasteiger partial charge in [-0.1, -0.05) is 36.5 Å². The molecule has 0 aromatic heterocycles. The lowest BCUT2D eigenvalue weighted by Crippen LogP contribution is -2.29. The van der Waals surface area contributed by atoms with Crippen LogP contribution < -0.4 is 4.90 Å². The molecule has 1 aromatic rings. The van der Waals surface area contributed by atoms with E-state index in [4.69, 9.17) is 17.3 Å². The Morgan fingerprint density at radius 3 is 2.93 bits per heavy atom. The molecule has 0 saturated carbocycles. The molecule has 1 N–H and O–H groups in total. The third-order valence-corrected chi connectivity index (χ3v) is 6.28. The van der Waals surface area contributed by atoms with E-state index in [1.54, 1.807) is 4.90 Å². The molecule has 0 bridgehead atoms. The normalized spacial score (nSPS) is 18.3. The Hall–Kier alpha value is -1.86. The van der Waals surface area contributed by atoms with Gasteiger partial charge in [0.05, 0.1) is 4.91 Å². The number of carboxylic acids is 1. The van der Waals surface area contributed by atoms with Crippen LogP contribution >= 0.6 is 24.0 Å². The molecule has 144 valence electrons. The molecule has 0 unspecified atom stereocenters. The molecule has 27 heavy (non-hydrogen) atoms. The van der Waals surface area contributed by atoms with Gasteiger partial charge < -0.3 is 10.0 Å². The predicted molar refractivity (Wildman–Crippen MR) is 114 cm³/mol. The number of rotatable bonds is 7. The summed E-state index contributed by atoms with van der Waals surface area (Å²) in [6.45, 7) is 1.63. The fraction of sp³-hybridized carbons (Fsp3) is 0.450. The van der Waals surface area contributed by atoms with Crippen molar-refractivity contribution in [3.05, 3.63) is 34.2 Å². The highest BCUT2D eigenvalue weighted by Gasteiger charge is 2.31. The maximum absolute atomic E-state index is 12.7. The van der Waals surface area contributed by atoms with Gasteiger partial charge in [0.1, 0.15) is 4.32 Å². The molecule has 0 spiro atoms. The fourth-order valence-corrected chi connectivity index (χ4v) is 4.77. The van der Waals surface area contributed by atoms with Crippen molar-refractivity contribution in [1.82, 2.24) is 4.90 Å². The summed E-state index contributed by atoms with van der Waals surface area (Å²) >= 11 is 6.72. The first-order valence-electron chi connectivity index (χ1n) is 9.27. The highest BCUT2D eigenvalue weighted by atomic mass is 32.2. The lowest BCUT2D eigenvalue weighted by Gasteiger charge is -2.27. The Morgan fingerprint density at radius 1 is 1.33 bits per heavy atom. The molecular formula is C20H24N2O3S2. The molecule has 0 atom stereocenters. The molecule has 2 aliphatic rings. The third kappa shape index (κ3) is 4.90. The van der Waals surface area contributed by atoms with Crippen molar-refractivity contribution in [2.24, 2.45) is 0 Å². The second-order valence-corrected chi connectivity index (χ2v) is 8.63. The van der Waals surface area contributed by atoms with Crippen molar-refractivity contribution in [2.45, 2.75) is 38.5 Å². The van der Waals surface area contributed by atoms with E-state index >= 15 is 0 Å². The average Bonchev–Trinajstić information content (AvgIpc) is 2.88. The smallest absolute Gasteiger partial charge is 0.303 e. The number of carbonyl (C=O) groups is 2. The topological polar surface area (TPSA) is 60.9 Å². The second-order valence-electron chi connectivity index (χ2n) is 6.95. The molecule has 3 rings (SSSR count). The summed E-state index contributed by atoms with van der Waals surface area (Å²) in [7, 11) is 2.11. The van der Waals surface area contributed by atoms with Crippen LogP contribution in [0.25, 0.3) is 6.08 Å². The first kappa shape index (κ1) is 19.9. The Kier molecular flexibility index (Phi) is 6.55. The fourth-order valence-electron chi connectivity index (χ4n) is 3.46. The first-order chi connectivity index (χ1) is 13.0. The number of anilines is 1. The summed E-state index contributed by atoms with van der Waals surface area (Å²) in [6, 6.07) is 6.35. The number of nitrogens with zero attached hydrogens (tertiary/aromatic N) is 2. The lowest BCUT2D eigenvalue weighted by molar-refractivity contribution is -0.137. The molecule has 5 nitrogen and oxygen atoms in total. The molecule has 2 aliphatic heterocycles. The number of hydrogen-bond donors (Lipinski definition) is 1. The highest BCUT2D eigenvalue weighted by Crippen LogP contribution is 2.34. The van der Waals surface area contributed by atoms with Gasteiger partial charge >= 0.3 is 5.97 Å². The monoisotopic (exact) mass is 404 g/mol. The van der Waals surface area contributed by atoms with Crippen LogP contribution in [0.1, 0.15) is 43.2 Å². The van der Waals surface area contributed by atoms with Crippen molar-refractivity contribution in [1.29, 1.82) is 0 Å². The molecule has 7 heteroatoms. The van der Waals surface area contributed by atoms with Gasteiger partial charge in [0.2, 0.25) is 0 Å². The van der Waals surface area contributed by atoms with Gasteiger partial charge in [-0.2, -0.15) is 0 Å². The van der Waals surface area contributed by atoms with E-state index in [0.717, 1.165) is 37.8 Å². The van der Waals surface area contributed by atoms with Gasteiger partial charge in [-0.05, 0) is 55.0 Å². The number of thiocarbonyl (C=S) groups is 1. The SMILES string of the molecule is CN1CCCc2cc(/C=C3\SC(=S)N(CCCCCC(=O)O)C3=O)ccc21. The van der Waals surface area contributed by atoms with Crippen LogP contribution in [0.3, 0.4) is 0 Å². The number of unbranched alkanes of at least 4 members (excludes halogenated alkanes) is 2. The first-order valence-corrected chi connectivity index (χ1v) is 10.5. The Bertz CT molecular complexity index is 791. The van der Waals surface area contributed by atoms with Gasteiger partial charge in [-0.3, -0.25) is 14.5 Å². The van der Waals surface area contributed by atoms with Gasteiger partial charge in [-0.25, -0.2) is 0 Å². The largest absolute Gasteiger partial charge is 0.481 e. The maximum Gasteiger partial charge on any atom is 0.303 e. The second kappa shape index (κ2) is 8.89. The number of thioether (sulfide) groups is 1. The number of aryl methyl sites for hydroxylation is 1. The predicted octanol–water partition coefficient (Wildman–Crippen LogP) is 3.92. The van der Waals surface area contributed by atoms with Gasteiger partial charge in [0, 0.05) is 32.2 Å². The van der Waals surface area contributed by atoms with Crippen LogP contribution in [0.4, 0.5) is 5.69 Å². The molecule has 1 fully saturated rings. The Morgan fingerprint density at radius 2 is 2.15 bits per heavy atom. The summed E-state index contributed by atoms with van der Waals surface area (Å²) in [6.07, 6.45) is 6.49. The number of amides is 1. The molecule has 0 radical (unpaired) electrons. The minimum absolute atomic E-state index is 0.0435. The molecular weight excluding hydrogens is 380 g/mol. The number of carboxylic acid groups (broad SMARTS) is 1. The van der Waals surface area contributed by atoms with Crippen LogP contribution in [-0.4, -0.2) is 46.3 Å². The molecule has 1 saturated heterocycles. The van der Waals surface area contributed by atoms with E-state index in [2.05, 4.69) is 30.1 Å². The summed E-state index contributed by atoms with van der Waals surface area (Å²) in [4.78, 5) is 27.8. The number of carbonyl (C=O) groups excluding carboxylic acids is 1. The molecule has 1 amide bonds. The van der Waals surface area contributed by atoms with Gasteiger partial charge in [0.15, 0.2) is 0 Å².